The molecule has 0 aliphatic rings. The molecule has 0 fully saturated rings. The van der Waals surface area contributed by atoms with Gasteiger partial charge in [0.2, 0.25) is 0 Å². The van der Waals surface area contributed by atoms with Crippen molar-refractivity contribution in [1.82, 2.24) is 0 Å². The van der Waals surface area contributed by atoms with Gasteiger partial charge in [0, 0.05) is 0 Å². The fraction of sp³-hybridized carbons (Fsp3) is 0.889. The van der Waals surface area contributed by atoms with Crippen LogP contribution >= 0.6 is 0 Å². The summed E-state index contributed by atoms with van der Waals surface area (Å²) in [5, 5.41) is 0.328. The summed E-state index contributed by atoms with van der Waals surface area (Å²) >= 11 is 0. The normalized spacial score (nSPS) is 11.7. The molecule has 0 aromatic carbocycles. The number of hydrogen-bond donors (Lipinski definition) is 0. The van der Waals surface area contributed by atoms with Crippen molar-refractivity contribution in [3.63, 3.8) is 0 Å². The summed E-state index contributed by atoms with van der Waals surface area (Å²) in [7, 11) is 0. The van der Waals surface area contributed by atoms with Gasteiger partial charge < -0.3 is 0 Å². The van der Waals surface area contributed by atoms with Crippen LogP contribution in [0.4, 0.5) is 0 Å². The molecule has 0 aliphatic carbocycles. The molecular formula is C36H70NO3+. The Morgan fingerprint density at radius 2 is 0.625 bits per heavy atom. The lowest BCUT2D eigenvalue weighted by Crippen LogP contribution is -2.12. The molecular weight excluding hydrogens is 494 g/mol. The molecule has 0 atom stereocenters. The number of rotatable bonds is 34. The van der Waals surface area contributed by atoms with E-state index >= 15 is 0 Å². The zero-order valence-corrected chi connectivity index (χ0v) is 27.2. The highest BCUT2D eigenvalue weighted by Crippen LogP contribution is 2.12. The van der Waals surface area contributed by atoms with Crippen LogP contribution in [0.1, 0.15) is 194 Å². The molecule has 0 aliphatic heterocycles. The van der Waals surface area contributed by atoms with Crippen LogP contribution in [0, 0.1) is 4.91 Å². The lowest BCUT2D eigenvalue weighted by molar-refractivity contribution is -0.981. The van der Waals surface area contributed by atoms with E-state index in [1.54, 1.807) is 0 Å². The van der Waals surface area contributed by atoms with Crippen molar-refractivity contribution >= 4 is 0 Å². The summed E-state index contributed by atoms with van der Waals surface area (Å²) in [5.74, 6) is 0. The van der Waals surface area contributed by atoms with E-state index in [4.69, 9.17) is 9.68 Å². The highest BCUT2D eigenvalue weighted by atomic mass is 17.0. The summed E-state index contributed by atoms with van der Waals surface area (Å²) in [6.07, 6.45) is 45.3. The molecule has 4 nitrogen and oxygen atoms in total. The number of allylic oxidation sites excluding steroid dienone is 4. The Hall–Kier alpha value is -1.32. The zero-order chi connectivity index (χ0) is 29.0. The molecule has 40 heavy (non-hydrogen) atoms. The van der Waals surface area contributed by atoms with Gasteiger partial charge in [-0.2, -0.15) is 9.68 Å². The third-order valence-electron chi connectivity index (χ3n) is 7.71. The van der Waals surface area contributed by atoms with Gasteiger partial charge in [0.25, 0.3) is 0 Å². The zero-order valence-electron chi connectivity index (χ0n) is 27.2. The SMILES string of the molecule is CCCCCCCC/C=C\CCCCCCCCO[N+](=O)OCCCCCCCC/C=C\CCCCCCCC. The molecule has 0 spiro atoms. The Labute approximate surface area is 250 Å². The molecule has 0 heterocycles. The Balaban J connectivity index is 3.22. The van der Waals surface area contributed by atoms with E-state index in [9.17, 15) is 4.91 Å². The fourth-order valence-electron chi connectivity index (χ4n) is 5.01. The van der Waals surface area contributed by atoms with E-state index < -0.39 is 0 Å². The second-order valence-electron chi connectivity index (χ2n) is 11.8. The standard InChI is InChI=1S/C36H70NO3/c1-3-5-7-9-11-13-15-17-19-21-23-25-27-29-31-33-35-39-37(38)40-36-34-32-30-28-26-24-22-20-18-16-14-12-10-8-6-4-2/h17-20H,3-16,21-36H2,1-2H3/q+1/b19-17-,20-18-. The topological polar surface area (TPSA) is 38.5 Å². The van der Waals surface area contributed by atoms with E-state index in [0.717, 1.165) is 25.7 Å². The molecule has 0 saturated carbocycles. The number of hydrogen-bond acceptors (Lipinski definition) is 3. The predicted octanol–water partition coefficient (Wildman–Crippen LogP) is 12.7. The Bertz CT molecular complexity index is 500. The van der Waals surface area contributed by atoms with Crippen LogP contribution in [0.2, 0.25) is 0 Å². The van der Waals surface area contributed by atoms with Gasteiger partial charge in [-0.25, -0.2) is 0 Å². The second-order valence-corrected chi connectivity index (χ2v) is 11.8. The van der Waals surface area contributed by atoms with Crippen molar-refractivity contribution in [2.45, 2.75) is 194 Å². The van der Waals surface area contributed by atoms with Crippen molar-refractivity contribution in [1.29, 1.82) is 0 Å². The third kappa shape index (κ3) is 34.7. The minimum absolute atomic E-state index is 0.328. The molecule has 0 amide bonds. The maximum Gasteiger partial charge on any atom is 0.477 e. The first kappa shape index (κ1) is 38.7. The monoisotopic (exact) mass is 565 g/mol. The lowest BCUT2D eigenvalue weighted by Gasteiger charge is -2.00. The Morgan fingerprint density at radius 1 is 0.375 bits per heavy atom. The van der Waals surface area contributed by atoms with Crippen molar-refractivity contribution in [2.24, 2.45) is 0 Å². The van der Waals surface area contributed by atoms with Gasteiger partial charge >= 0.3 is 5.09 Å². The van der Waals surface area contributed by atoms with Crippen LogP contribution in [0.25, 0.3) is 0 Å². The summed E-state index contributed by atoms with van der Waals surface area (Å²) < 4.78 is 0. The molecule has 236 valence electrons. The van der Waals surface area contributed by atoms with E-state index in [2.05, 4.69) is 38.2 Å². The van der Waals surface area contributed by atoms with Gasteiger partial charge in [0.15, 0.2) is 13.2 Å². The van der Waals surface area contributed by atoms with Gasteiger partial charge in [-0.05, 0) is 77.0 Å². The highest BCUT2D eigenvalue weighted by Gasteiger charge is 2.11. The minimum Gasteiger partial charge on any atom is -0.187 e. The van der Waals surface area contributed by atoms with Gasteiger partial charge in [-0.15, -0.1) is 0 Å². The van der Waals surface area contributed by atoms with E-state index in [1.165, 1.54) is 154 Å². The first-order chi connectivity index (χ1) is 19.8. The van der Waals surface area contributed by atoms with Crippen molar-refractivity contribution in [2.75, 3.05) is 13.2 Å². The minimum atomic E-state index is 0.328. The summed E-state index contributed by atoms with van der Waals surface area (Å²) in [6.45, 7) is 5.46. The summed E-state index contributed by atoms with van der Waals surface area (Å²) in [5.41, 5.74) is 0. The van der Waals surface area contributed by atoms with Crippen molar-refractivity contribution < 1.29 is 14.8 Å². The molecule has 0 aromatic heterocycles. The summed E-state index contributed by atoms with van der Waals surface area (Å²) in [4.78, 5) is 21.9. The molecule has 0 saturated heterocycles. The molecule has 0 radical (unpaired) electrons. The average molecular weight is 565 g/mol. The Kier molecular flexibility index (Phi) is 34.5. The number of nitrogens with zero attached hydrogens (tertiary/aromatic N) is 1. The van der Waals surface area contributed by atoms with E-state index in [-0.39, 0.29) is 0 Å². The van der Waals surface area contributed by atoms with E-state index in [0.29, 0.717) is 18.3 Å². The third-order valence-corrected chi connectivity index (χ3v) is 7.71. The van der Waals surface area contributed by atoms with Crippen LogP contribution in [0.15, 0.2) is 24.3 Å². The van der Waals surface area contributed by atoms with Crippen LogP contribution in [0.5, 0.6) is 0 Å². The van der Waals surface area contributed by atoms with Crippen molar-refractivity contribution in [3.8, 4) is 0 Å². The molecule has 4 heteroatoms. The van der Waals surface area contributed by atoms with Crippen LogP contribution < -0.4 is 0 Å². The van der Waals surface area contributed by atoms with Gasteiger partial charge in [-0.3, -0.25) is 0 Å². The Morgan fingerprint density at radius 3 is 0.925 bits per heavy atom. The van der Waals surface area contributed by atoms with Gasteiger partial charge in [0.05, 0.1) is 0 Å². The van der Waals surface area contributed by atoms with Crippen LogP contribution in [-0.2, 0) is 9.68 Å². The molecule has 0 N–H and O–H groups in total. The molecule has 0 bridgehead atoms. The maximum absolute atomic E-state index is 11.6. The van der Waals surface area contributed by atoms with Crippen LogP contribution in [-0.4, -0.2) is 18.3 Å². The van der Waals surface area contributed by atoms with Crippen molar-refractivity contribution in [3.05, 3.63) is 29.2 Å². The first-order valence-corrected chi connectivity index (χ1v) is 17.8. The quantitative estimate of drug-likeness (QED) is 0.0443. The molecule has 0 rings (SSSR count). The van der Waals surface area contributed by atoms with Crippen LogP contribution in [0.3, 0.4) is 0 Å². The average Bonchev–Trinajstić information content (AvgIpc) is 2.96. The van der Waals surface area contributed by atoms with Gasteiger partial charge in [-0.1, -0.05) is 141 Å². The second kappa shape index (κ2) is 35.7. The first-order valence-electron chi connectivity index (χ1n) is 17.8. The van der Waals surface area contributed by atoms with E-state index in [1.807, 2.05) is 0 Å². The van der Waals surface area contributed by atoms with Gasteiger partial charge in [0.1, 0.15) is 4.91 Å². The number of unbranched alkanes of at least 4 members (excludes halogenated alkanes) is 24. The lowest BCUT2D eigenvalue weighted by atomic mass is 10.1. The molecule has 0 unspecified atom stereocenters. The smallest absolute Gasteiger partial charge is 0.187 e. The fourth-order valence-corrected chi connectivity index (χ4v) is 5.01. The maximum atomic E-state index is 11.6. The summed E-state index contributed by atoms with van der Waals surface area (Å²) in [6, 6.07) is 0. The largest absolute Gasteiger partial charge is 0.477 e. The highest BCUT2D eigenvalue weighted by molar-refractivity contribution is 4.82. The predicted molar refractivity (Wildman–Crippen MR) is 174 cm³/mol. The molecule has 0 aromatic rings.